The first kappa shape index (κ1) is 14.6. The molecule has 0 radical (unpaired) electrons. The molecule has 0 aliphatic heterocycles. The number of aliphatic hydroxyl groups excluding tert-OH is 1. The van der Waals surface area contributed by atoms with Crippen LogP contribution in [0.15, 0.2) is 46.9 Å². The number of benzene rings is 2. The lowest BCUT2D eigenvalue weighted by Crippen LogP contribution is -2.13. The quantitative estimate of drug-likeness (QED) is 0.919. The summed E-state index contributed by atoms with van der Waals surface area (Å²) in [7, 11) is 1.92. The van der Waals surface area contributed by atoms with E-state index in [9.17, 15) is 5.11 Å². The fourth-order valence-electron chi connectivity index (χ4n) is 2.08. The third-order valence-electron chi connectivity index (χ3n) is 3.17. The van der Waals surface area contributed by atoms with Crippen molar-refractivity contribution in [3.05, 3.63) is 58.1 Å². The Balaban J connectivity index is 2.49. The minimum atomic E-state index is -0.556. The van der Waals surface area contributed by atoms with E-state index in [1.165, 1.54) is 0 Å². The molecule has 0 saturated heterocycles. The topological polar surface area (TPSA) is 47.3 Å². The van der Waals surface area contributed by atoms with Gasteiger partial charge in [-0.05, 0) is 37.3 Å². The van der Waals surface area contributed by atoms with E-state index in [2.05, 4.69) is 22.0 Å². The van der Waals surface area contributed by atoms with Crippen molar-refractivity contribution in [1.82, 2.24) is 0 Å². The number of nitriles is 1. The third-order valence-corrected chi connectivity index (χ3v) is 3.66. The summed E-state index contributed by atoms with van der Waals surface area (Å²) in [6.07, 6.45) is -0.556. The number of halogens is 1. The molecule has 0 amide bonds. The largest absolute Gasteiger partial charge is 0.389 e. The fraction of sp³-hybridized carbons (Fsp3) is 0.188. The van der Waals surface area contributed by atoms with Gasteiger partial charge in [0.25, 0.3) is 0 Å². The van der Waals surface area contributed by atoms with Gasteiger partial charge in [-0.25, -0.2) is 0 Å². The van der Waals surface area contributed by atoms with E-state index < -0.39 is 6.10 Å². The van der Waals surface area contributed by atoms with Crippen LogP contribution in [0, 0.1) is 11.3 Å². The van der Waals surface area contributed by atoms with E-state index in [-0.39, 0.29) is 0 Å². The normalized spacial score (nSPS) is 11.8. The maximum absolute atomic E-state index is 9.90. The van der Waals surface area contributed by atoms with E-state index in [0.717, 1.165) is 21.4 Å². The molecule has 2 aromatic carbocycles. The molecule has 1 N–H and O–H groups in total. The molecule has 102 valence electrons. The van der Waals surface area contributed by atoms with Crippen molar-refractivity contribution in [2.45, 2.75) is 13.0 Å². The number of hydrogen-bond acceptors (Lipinski definition) is 3. The lowest BCUT2D eigenvalue weighted by Gasteiger charge is -2.24. The zero-order valence-corrected chi connectivity index (χ0v) is 12.9. The molecular weight excluding hydrogens is 316 g/mol. The number of aliphatic hydroxyl groups is 1. The zero-order chi connectivity index (χ0) is 14.7. The predicted molar refractivity (Wildman–Crippen MR) is 84.0 cm³/mol. The van der Waals surface area contributed by atoms with Gasteiger partial charge in [-0.1, -0.05) is 28.1 Å². The van der Waals surface area contributed by atoms with E-state index >= 15 is 0 Å². The number of anilines is 2. The molecule has 0 saturated carbocycles. The molecule has 0 aliphatic rings. The Hall–Kier alpha value is -1.83. The molecule has 20 heavy (non-hydrogen) atoms. The Morgan fingerprint density at radius 1 is 1.25 bits per heavy atom. The lowest BCUT2D eigenvalue weighted by molar-refractivity contribution is 0.200. The minimum Gasteiger partial charge on any atom is -0.389 e. The summed E-state index contributed by atoms with van der Waals surface area (Å²) in [6.45, 7) is 1.74. The minimum absolute atomic E-state index is 0.556. The van der Waals surface area contributed by atoms with E-state index in [1.807, 2.05) is 48.3 Å². The molecule has 0 fully saturated rings. The molecule has 0 aromatic heterocycles. The van der Waals surface area contributed by atoms with Crippen LogP contribution in [0.4, 0.5) is 11.4 Å². The smallest absolute Gasteiger partial charge is 0.0992 e. The fourth-order valence-corrected chi connectivity index (χ4v) is 2.43. The van der Waals surface area contributed by atoms with Crippen molar-refractivity contribution in [1.29, 1.82) is 5.26 Å². The van der Waals surface area contributed by atoms with Crippen LogP contribution in [0.3, 0.4) is 0 Å². The molecule has 0 spiro atoms. The van der Waals surface area contributed by atoms with Crippen LogP contribution in [0.1, 0.15) is 24.2 Å². The molecule has 2 rings (SSSR count). The first-order valence-electron chi connectivity index (χ1n) is 6.24. The first-order valence-corrected chi connectivity index (χ1v) is 7.03. The van der Waals surface area contributed by atoms with Crippen LogP contribution < -0.4 is 4.90 Å². The Labute approximate surface area is 127 Å². The third kappa shape index (κ3) is 3.01. The molecule has 1 unspecified atom stereocenters. The second kappa shape index (κ2) is 6.08. The summed E-state index contributed by atoms with van der Waals surface area (Å²) in [6, 6.07) is 15.3. The zero-order valence-electron chi connectivity index (χ0n) is 11.3. The second-order valence-electron chi connectivity index (χ2n) is 4.60. The summed E-state index contributed by atoms with van der Waals surface area (Å²) in [5.74, 6) is 0. The molecule has 1 atom stereocenters. The Bertz CT molecular complexity index is 662. The highest BCUT2D eigenvalue weighted by Gasteiger charge is 2.13. The van der Waals surface area contributed by atoms with Gasteiger partial charge in [-0.3, -0.25) is 0 Å². The van der Waals surface area contributed by atoms with Crippen molar-refractivity contribution in [2.75, 3.05) is 11.9 Å². The van der Waals surface area contributed by atoms with Gasteiger partial charge in [-0.2, -0.15) is 5.26 Å². The molecule has 2 aromatic rings. The summed E-state index contributed by atoms with van der Waals surface area (Å²) < 4.78 is 0.945. The van der Waals surface area contributed by atoms with Gasteiger partial charge >= 0.3 is 0 Å². The van der Waals surface area contributed by atoms with Crippen LogP contribution in [-0.2, 0) is 0 Å². The highest BCUT2D eigenvalue weighted by atomic mass is 79.9. The summed E-state index contributed by atoms with van der Waals surface area (Å²) >= 11 is 3.45. The van der Waals surface area contributed by atoms with Crippen molar-refractivity contribution in [3.8, 4) is 6.07 Å². The summed E-state index contributed by atoms with van der Waals surface area (Å²) in [5, 5.41) is 18.9. The van der Waals surface area contributed by atoms with E-state index in [0.29, 0.717) is 5.56 Å². The van der Waals surface area contributed by atoms with E-state index in [1.54, 1.807) is 13.0 Å². The van der Waals surface area contributed by atoms with Crippen molar-refractivity contribution in [3.63, 3.8) is 0 Å². The first-order chi connectivity index (χ1) is 9.52. The van der Waals surface area contributed by atoms with Crippen LogP contribution in [0.2, 0.25) is 0 Å². The van der Waals surface area contributed by atoms with Crippen LogP contribution in [0.5, 0.6) is 0 Å². The van der Waals surface area contributed by atoms with Gasteiger partial charge in [0.05, 0.1) is 17.7 Å². The van der Waals surface area contributed by atoms with Crippen molar-refractivity contribution in [2.24, 2.45) is 0 Å². The van der Waals surface area contributed by atoms with Crippen LogP contribution >= 0.6 is 15.9 Å². The second-order valence-corrected chi connectivity index (χ2v) is 5.52. The maximum atomic E-state index is 9.90. The lowest BCUT2D eigenvalue weighted by atomic mass is 10.1. The van der Waals surface area contributed by atoms with Crippen LogP contribution in [-0.4, -0.2) is 12.2 Å². The standard InChI is InChI=1S/C16H15BrN2O/c1-11(20)15-7-6-13(17)9-16(15)19(2)14-5-3-4-12(8-14)10-18/h3-9,11,20H,1-2H3. The number of rotatable bonds is 3. The Morgan fingerprint density at radius 3 is 2.65 bits per heavy atom. The average molecular weight is 331 g/mol. The summed E-state index contributed by atoms with van der Waals surface area (Å²) in [4.78, 5) is 1.97. The van der Waals surface area contributed by atoms with Gasteiger partial charge in [0, 0.05) is 28.5 Å². The molecule has 0 bridgehead atoms. The van der Waals surface area contributed by atoms with Crippen molar-refractivity contribution >= 4 is 27.3 Å². The van der Waals surface area contributed by atoms with Gasteiger partial charge in [0.2, 0.25) is 0 Å². The van der Waals surface area contributed by atoms with Gasteiger partial charge < -0.3 is 10.0 Å². The Kier molecular flexibility index (Phi) is 4.43. The van der Waals surface area contributed by atoms with Gasteiger partial charge in [0.15, 0.2) is 0 Å². The van der Waals surface area contributed by atoms with Crippen LogP contribution in [0.25, 0.3) is 0 Å². The average Bonchev–Trinajstić information content (AvgIpc) is 2.46. The van der Waals surface area contributed by atoms with Gasteiger partial charge in [-0.15, -0.1) is 0 Å². The molecule has 4 heteroatoms. The summed E-state index contributed by atoms with van der Waals surface area (Å²) in [5.41, 5.74) is 3.27. The van der Waals surface area contributed by atoms with Gasteiger partial charge in [0.1, 0.15) is 0 Å². The highest BCUT2D eigenvalue weighted by Crippen LogP contribution is 2.33. The highest BCUT2D eigenvalue weighted by molar-refractivity contribution is 9.10. The SMILES string of the molecule is CC(O)c1ccc(Br)cc1N(C)c1cccc(C#N)c1. The van der Waals surface area contributed by atoms with E-state index in [4.69, 9.17) is 5.26 Å². The Morgan fingerprint density at radius 2 is 2.00 bits per heavy atom. The molecule has 3 nitrogen and oxygen atoms in total. The monoisotopic (exact) mass is 330 g/mol. The number of hydrogen-bond donors (Lipinski definition) is 1. The number of nitrogens with zero attached hydrogens (tertiary/aromatic N) is 2. The molecule has 0 aliphatic carbocycles. The predicted octanol–water partition coefficient (Wildman–Crippen LogP) is 4.14. The van der Waals surface area contributed by atoms with Crippen molar-refractivity contribution < 1.29 is 5.11 Å². The molecule has 0 heterocycles. The molecular formula is C16H15BrN2O. The maximum Gasteiger partial charge on any atom is 0.0992 e.